The number of phenolic OH excluding ortho intramolecular Hbond substituents is 1. The fourth-order valence-electron chi connectivity index (χ4n) is 14.6. The number of aliphatic hydroxyl groups excluding tert-OH is 21. The number of nitrogens with one attached hydrogen (secondary N) is 6. The number of aliphatic hydroxyl groups is 21. The van der Waals surface area contributed by atoms with Crippen LogP contribution in [0, 0.1) is 0 Å². The van der Waals surface area contributed by atoms with Gasteiger partial charge < -0.3 is 220 Å². The van der Waals surface area contributed by atoms with Crippen LogP contribution in [0.5, 0.6) is 5.75 Å². The Morgan fingerprint density at radius 3 is 1.11 bits per heavy atom. The third-order valence-electron chi connectivity index (χ3n) is 21.9. The van der Waals surface area contributed by atoms with Gasteiger partial charge in [-0.2, -0.15) is 0 Å². The summed E-state index contributed by atoms with van der Waals surface area (Å²) in [5, 5.41) is 256. The summed E-state index contributed by atoms with van der Waals surface area (Å²) in [6, 6.07) is -6.50. The van der Waals surface area contributed by atoms with Crippen molar-refractivity contribution in [2.45, 2.75) is 303 Å². The molecule has 51 heteroatoms. The zero-order valence-corrected chi connectivity index (χ0v) is 66.5. The number of unbranched alkanes of at least 4 members (excludes halogenated alkanes) is 2. The van der Waals surface area contributed by atoms with E-state index in [1.807, 2.05) is 0 Å². The monoisotopic (exact) mass is 1780 g/mol. The minimum absolute atomic E-state index is 0.0661. The number of benzene rings is 1. The molecular formula is C72H120N10O41. The van der Waals surface area contributed by atoms with E-state index in [2.05, 4.69) is 31.9 Å². The summed E-state index contributed by atoms with van der Waals surface area (Å²) < 4.78 is 56.1. The van der Waals surface area contributed by atoms with Crippen molar-refractivity contribution < 1.29 is 203 Å². The van der Waals surface area contributed by atoms with Gasteiger partial charge in [0.1, 0.15) is 182 Å². The van der Waals surface area contributed by atoms with Crippen LogP contribution in [0.2, 0.25) is 0 Å². The van der Waals surface area contributed by atoms with Gasteiger partial charge in [-0.3, -0.25) is 38.4 Å². The number of amides is 7. The quantitative estimate of drug-likeness (QED) is 0.0270. The number of carboxylic acids is 1. The van der Waals surface area contributed by atoms with Crippen molar-refractivity contribution in [3.8, 4) is 5.75 Å². The lowest BCUT2D eigenvalue weighted by Gasteiger charge is -2.48. The van der Waals surface area contributed by atoms with Crippen LogP contribution in [0.1, 0.15) is 76.2 Å². The Balaban J connectivity index is 0.882. The molecule has 6 aliphatic heterocycles. The molecule has 0 unspecified atom stereocenters. The lowest BCUT2D eigenvalue weighted by molar-refractivity contribution is -0.373. The molecule has 0 radical (unpaired) electrons. The van der Waals surface area contributed by atoms with Gasteiger partial charge in [0.25, 0.3) is 0 Å². The maximum atomic E-state index is 14.2. The van der Waals surface area contributed by atoms with Gasteiger partial charge in [0.2, 0.25) is 41.4 Å². The molecule has 0 spiro atoms. The number of ether oxygens (including phenoxy) is 10. The molecule has 0 aromatic heterocycles. The summed E-state index contributed by atoms with van der Waals surface area (Å²) in [5.41, 5.74) is 24.1. The Labute approximate surface area is 701 Å². The zero-order valence-electron chi connectivity index (χ0n) is 66.5. The first kappa shape index (κ1) is 103. The van der Waals surface area contributed by atoms with Gasteiger partial charge in [-0.1, -0.05) is 12.1 Å². The molecule has 6 heterocycles. The molecule has 6 aliphatic rings. The first-order valence-electron chi connectivity index (χ1n) is 40.0. The second kappa shape index (κ2) is 49.1. The summed E-state index contributed by atoms with van der Waals surface area (Å²) in [6.45, 7) is -6.61. The number of carboxylic acid groups (broad SMARTS) is 1. The lowest BCUT2D eigenvalue weighted by Crippen LogP contribution is -2.66. The molecule has 7 amide bonds. The third kappa shape index (κ3) is 27.5. The van der Waals surface area contributed by atoms with Crippen molar-refractivity contribution in [1.29, 1.82) is 0 Å². The van der Waals surface area contributed by atoms with Gasteiger partial charge in [0, 0.05) is 13.0 Å². The SMILES string of the molecule is NCCCC[C@H](NC(=O)[C@H](N)CC[C@@H]1O[C@H](CO)[C@@H](O[C@@H]2O[C@H](CO)[C@H](O[C@H]3O[C@H](CO)[C@H](O)[C@H](O)[C@H]3O)[C@H](O)[C@H]2O)[C@H](O)[C@H]1O)C(=O)N[C@@H](CO)C(=O)N[C@@H](CC(=O)O)C(=O)N[C@@H](Cc1ccc(O)cc1)C(=O)N[C@@H](CCCCNC(=O)[C@@H](N)CC[C@@H]1O[C@H](CO)[C@@H](O[C@@H]2O[C@H](CO)[C@H](O[C@H]3O[C@H](CO)[C@H](O)[C@H](O)[C@H]3O)[C@H](O)[C@H]2O)[C@H](O)[C@H]1O)C(N)=O. The Morgan fingerprint density at radius 1 is 0.366 bits per heavy atom. The first-order valence-corrected chi connectivity index (χ1v) is 40.0. The van der Waals surface area contributed by atoms with Gasteiger partial charge >= 0.3 is 5.97 Å². The van der Waals surface area contributed by atoms with Crippen molar-refractivity contribution in [1.82, 2.24) is 31.9 Å². The molecule has 37 atom stereocenters. The third-order valence-corrected chi connectivity index (χ3v) is 21.9. The van der Waals surface area contributed by atoms with Crippen LogP contribution in [-0.2, 0) is 92.1 Å². The van der Waals surface area contributed by atoms with Crippen LogP contribution in [0.25, 0.3) is 0 Å². The molecule has 7 rings (SSSR count). The summed E-state index contributed by atoms with van der Waals surface area (Å²) in [6.07, 6.45) is -56.0. The van der Waals surface area contributed by atoms with Crippen molar-refractivity contribution >= 4 is 47.3 Å². The van der Waals surface area contributed by atoms with E-state index < -0.39 is 333 Å². The number of carbonyl (C=O) groups is 8. The average molecular weight is 1780 g/mol. The van der Waals surface area contributed by atoms with E-state index >= 15 is 0 Å². The lowest BCUT2D eigenvalue weighted by atomic mass is 9.91. The minimum atomic E-state index is -2.11. The Morgan fingerprint density at radius 2 is 0.699 bits per heavy atom. The van der Waals surface area contributed by atoms with Crippen LogP contribution in [-0.4, -0.2) is 450 Å². The fourth-order valence-corrected chi connectivity index (χ4v) is 14.6. The molecule has 0 aliphatic carbocycles. The van der Waals surface area contributed by atoms with Crippen LogP contribution < -0.4 is 54.8 Å². The van der Waals surface area contributed by atoms with Gasteiger partial charge in [-0.05, 0) is 88.4 Å². The highest BCUT2D eigenvalue weighted by Gasteiger charge is 2.57. The fraction of sp³-hybridized carbons (Fsp3) is 0.806. The predicted molar refractivity (Wildman–Crippen MR) is 402 cm³/mol. The number of carbonyl (C=O) groups excluding carboxylic acids is 7. The molecule has 51 nitrogen and oxygen atoms in total. The zero-order chi connectivity index (χ0) is 91.1. The van der Waals surface area contributed by atoms with Crippen molar-refractivity contribution in [3.05, 3.63) is 29.8 Å². The molecular weight excluding hydrogens is 1660 g/mol. The summed E-state index contributed by atoms with van der Waals surface area (Å²) in [5.74, 6) is -9.65. The summed E-state index contributed by atoms with van der Waals surface area (Å²) >= 11 is 0. The van der Waals surface area contributed by atoms with Crippen LogP contribution in [0.3, 0.4) is 0 Å². The molecule has 37 N–H and O–H groups in total. The van der Waals surface area contributed by atoms with Gasteiger partial charge in [0.05, 0.1) is 77.0 Å². The van der Waals surface area contributed by atoms with Crippen LogP contribution in [0.15, 0.2) is 24.3 Å². The number of rotatable bonds is 46. The van der Waals surface area contributed by atoms with E-state index in [-0.39, 0.29) is 88.6 Å². The molecule has 123 heavy (non-hydrogen) atoms. The molecule has 1 aromatic carbocycles. The van der Waals surface area contributed by atoms with Crippen LogP contribution in [0.4, 0.5) is 0 Å². The first-order chi connectivity index (χ1) is 58.3. The topological polar surface area (TPSA) is 870 Å². The number of aliphatic carboxylic acids is 1. The number of hydrogen-bond donors (Lipinski definition) is 33. The van der Waals surface area contributed by atoms with E-state index in [1.54, 1.807) is 0 Å². The number of aromatic hydroxyl groups is 1. The highest BCUT2D eigenvalue weighted by atomic mass is 16.8. The maximum absolute atomic E-state index is 14.2. The molecule has 0 saturated carbocycles. The van der Waals surface area contributed by atoms with Gasteiger partial charge in [-0.15, -0.1) is 0 Å². The summed E-state index contributed by atoms with van der Waals surface area (Å²) in [7, 11) is 0. The Hall–Kier alpha value is -6.58. The maximum Gasteiger partial charge on any atom is 0.305 e. The van der Waals surface area contributed by atoms with E-state index in [0.717, 1.165) is 0 Å². The molecule has 6 saturated heterocycles. The molecule has 1 aromatic rings. The standard InChI is InChI=1S/C72H120N10O41/c73-15-3-1-6-31(79-64(109)29(75)12-14-36-45(94)51(100)59(40(23-87)115-36)121-72-57(106)53(102)61(42(25-89)119-72)123-70-55(104)49(98)47(96)38(21-85)117-70)65(110)82-34(19-83)68(113)81-33(18-43(91)92)67(112)80-32(17-26-7-9-27(90)10-8-26)66(111)78-30(62(76)107)5-2-4-16-77-63(108)28(74)11-13-35-44(93)50(99)58(39(22-86)114-35)120-71-56(105)52(101)60(41(24-88)118-71)122-69-54(103)48(97)46(95)37(20-84)116-69/h7-10,28-42,44-61,69-72,83-90,93-106H,1-6,11-25,73-75H2,(H2,76,107)(H,77,108)(H,78,111)(H,79,109)(H,80,112)(H,81,113)(H,82,110)(H,91,92)/t28-,29+,30-,31-,32-,33-,34-,35-,36-,37+,38+,39+,40+,41+,42+,44-,45-,46-,47-,48-,49-,50+,51+,52+,53+,54+,55+,56+,57+,58+,59+,60-,61-,69+,70+,71-,72-/m0/s1. The van der Waals surface area contributed by atoms with E-state index in [1.165, 1.54) is 24.3 Å². The second-order valence-corrected chi connectivity index (χ2v) is 30.8. The van der Waals surface area contributed by atoms with Crippen molar-refractivity contribution in [3.63, 3.8) is 0 Å². The molecule has 704 valence electrons. The normalized spacial score (nSPS) is 35.9. The number of hydrogen-bond acceptors (Lipinski definition) is 43. The largest absolute Gasteiger partial charge is 0.508 e. The number of primary amides is 1. The summed E-state index contributed by atoms with van der Waals surface area (Å²) in [4.78, 5) is 108. The van der Waals surface area contributed by atoms with E-state index in [4.69, 9.17) is 70.3 Å². The van der Waals surface area contributed by atoms with Crippen molar-refractivity contribution in [2.75, 3.05) is 59.3 Å². The predicted octanol–water partition coefficient (Wildman–Crippen LogP) is -18.1. The number of nitrogens with two attached hydrogens (primary N) is 4. The minimum Gasteiger partial charge on any atom is -0.508 e. The van der Waals surface area contributed by atoms with Crippen molar-refractivity contribution in [2.24, 2.45) is 22.9 Å². The Bertz CT molecular complexity index is 3460. The van der Waals surface area contributed by atoms with Gasteiger partial charge in [0.15, 0.2) is 25.2 Å². The second-order valence-electron chi connectivity index (χ2n) is 30.8. The van der Waals surface area contributed by atoms with Gasteiger partial charge in [-0.25, -0.2) is 0 Å². The average Bonchev–Trinajstić information content (AvgIpc) is 0.779. The molecule has 6 fully saturated rings. The number of phenols is 1. The van der Waals surface area contributed by atoms with Crippen LogP contribution >= 0.6 is 0 Å². The highest BCUT2D eigenvalue weighted by Crippen LogP contribution is 2.37. The highest BCUT2D eigenvalue weighted by molar-refractivity contribution is 5.98. The Kier molecular flexibility index (Phi) is 41.3. The van der Waals surface area contributed by atoms with E-state index in [0.29, 0.717) is 0 Å². The smallest absolute Gasteiger partial charge is 0.305 e. The molecule has 0 bridgehead atoms. The van der Waals surface area contributed by atoms with E-state index in [9.17, 15) is 156 Å².